The fourth-order valence-electron chi connectivity index (χ4n) is 0.996. The molecule has 62 valence electrons. The minimum Gasteiger partial charge on any atom is -0.374 e. The number of thioether (sulfide) groups is 1. The van der Waals surface area contributed by atoms with E-state index in [2.05, 4.69) is 0 Å². The van der Waals surface area contributed by atoms with E-state index in [4.69, 9.17) is 5.11 Å². The molecule has 1 aliphatic rings. The molecular weight excluding hydrogens is 196 g/mol. The number of aliphatic hydroxyl groups excluding tert-OH is 1. The van der Waals surface area contributed by atoms with Gasteiger partial charge in [0.1, 0.15) is 0 Å². The molecule has 2 rings (SSSR count). The first-order chi connectivity index (χ1) is 5.72. The van der Waals surface area contributed by atoms with Crippen molar-refractivity contribution in [2.45, 2.75) is 10.3 Å². The monoisotopic (exact) mass is 200 g/mol. The van der Waals surface area contributed by atoms with E-state index in [1.807, 2.05) is 0 Å². The number of hydrogen-bond donors (Lipinski definition) is 1. The van der Waals surface area contributed by atoms with Gasteiger partial charge in [0, 0.05) is 4.90 Å². The van der Waals surface area contributed by atoms with E-state index >= 15 is 0 Å². The maximum atomic E-state index is 11.1. The van der Waals surface area contributed by atoms with Gasteiger partial charge < -0.3 is 5.11 Å². The van der Waals surface area contributed by atoms with E-state index in [9.17, 15) is 9.59 Å². The van der Waals surface area contributed by atoms with Gasteiger partial charge in [0.05, 0.1) is 9.75 Å². The van der Waals surface area contributed by atoms with Crippen LogP contribution in [-0.4, -0.2) is 22.6 Å². The molecule has 5 heteroatoms. The SMILES string of the molecule is O=Cc1cc2c(s1)C(=O)C(O)S2. The molecule has 2 heterocycles. The van der Waals surface area contributed by atoms with Gasteiger partial charge in [-0.2, -0.15) is 0 Å². The molecule has 0 amide bonds. The first-order valence-electron chi connectivity index (χ1n) is 3.20. The Balaban J connectivity index is 2.49. The lowest BCUT2D eigenvalue weighted by molar-refractivity contribution is 0.0879. The zero-order chi connectivity index (χ0) is 8.72. The number of carbonyl (C=O) groups is 2. The molecule has 1 aromatic rings. The highest BCUT2D eigenvalue weighted by molar-refractivity contribution is 8.01. The van der Waals surface area contributed by atoms with Crippen LogP contribution in [0, 0.1) is 0 Å². The molecule has 0 spiro atoms. The van der Waals surface area contributed by atoms with E-state index in [1.165, 1.54) is 0 Å². The highest BCUT2D eigenvalue weighted by atomic mass is 32.2. The summed E-state index contributed by atoms with van der Waals surface area (Å²) in [6, 6.07) is 1.63. The van der Waals surface area contributed by atoms with E-state index < -0.39 is 5.44 Å². The number of fused-ring (bicyclic) bond motifs is 1. The molecule has 0 aliphatic carbocycles. The largest absolute Gasteiger partial charge is 0.374 e. The molecule has 0 fully saturated rings. The van der Waals surface area contributed by atoms with Crippen LogP contribution in [0.1, 0.15) is 19.3 Å². The van der Waals surface area contributed by atoms with Gasteiger partial charge in [-0.3, -0.25) is 9.59 Å². The zero-order valence-electron chi connectivity index (χ0n) is 5.81. The number of carbonyl (C=O) groups excluding carboxylic acids is 2. The Labute approximate surface area is 76.4 Å². The summed E-state index contributed by atoms with van der Waals surface area (Å²) < 4.78 is 0. The van der Waals surface area contributed by atoms with Gasteiger partial charge in [0.2, 0.25) is 5.78 Å². The molecule has 1 unspecified atom stereocenters. The van der Waals surface area contributed by atoms with Crippen molar-refractivity contribution in [2.75, 3.05) is 0 Å². The Hall–Kier alpha value is -0.650. The Morgan fingerprint density at radius 3 is 2.92 bits per heavy atom. The van der Waals surface area contributed by atoms with Crippen molar-refractivity contribution in [3.8, 4) is 0 Å². The zero-order valence-corrected chi connectivity index (χ0v) is 7.45. The molecule has 0 aromatic carbocycles. The van der Waals surface area contributed by atoms with Gasteiger partial charge in [-0.25, -0.2) is 0 Å². The van der Waals surface area contributed by atoms with E-state index in [-0.39, 0.29) is 5.78 Å². The second-order valence-corrected chi connectivity index (χ2v) is 4.50. The van der Waals surface area contributed by atoms with Crippen molar-refractivity contribution >= 4 is 35.2 Å². The van der Waals surface area contributed by atoms with Crippen LogP contribution < -0.4 is 0 Å². The number of thiophene rings is 1. The lowest BCUT2D eigenvalue weighted by Gasteiger charge is -1.93. The van der Waals surface area contributed by atoms with Gasteiger partial charge in [-0.05, 0) is 6.07 Å². The van der Waals surface area contributed by atoms with Crippen molar-refractivity contribution < 1.29 is 14.7 Å². The van der Waals surface area contributed by atoms with Crippen molar-refractivity contribution in [3.63, 3.8) is 0 Å². The molecule has 0 saturated carbocycles. The van der Waals surface area contributed by atoms with Gasteiger partial charge in [0.25, 0.3) is 0 Å². The predicted octanol–water partition coefficient (Wildman–Crippen LogP) is 1.17. The standard InChI is InChI=1S/C7H4O3S2/c8-2-3-1-4-6(11-3)5(9)7(10)12-4/h1-2,7,10H. The predicted molar refractivity (Wildman–Crippen MR) is 45.9 cm³/mol. The minimum absolute atomic E-state index is 0.284. The molecule has 0 radical (unpaired) electrons. The van der Waals surface area contributed by atoms with Crippen LogP contribution in [0.4, 0.5) is 0 Å². The average Bonchev–Trinajstić information content (AvgIpc) is 2.55. The van der Waals surface area contributed by atoms with Gasteiger partial charge in [0.15, 0.2) is 11.7 Å². The van der Waals surface area contributed by atoms with E-state index in [0.29, 0.717) is 16.0 Å². The van der Waals surface area contributed by atoms with E-state index in [0.717, 1.165) is 28.0 Å². The molecule has 3 nitrogen and oxygen atoms in total. The van der Waals surface area contributed by atoms with E-state index in [1.54, 1.807) is 6.07 Å². The quantitative estimate of drug-likeness (QED) is 0.691. The summed E-state index contributed by atoms with van der Waals surface area (Å²) in [5, 5.41) is 9.10. The number of aldehydes is 1. The third-order valence-electron chi connectivity index (χ3n) is 1.52. The smallest absolute Gasteiger partial charge is 0.212 e. The number of rotatable bonds is 1. The summed E-state index contributed by atoms with van der Waals surface area (Å²) in [5.41, 5.74) is -0.966. The van der Waals surface area contributed by atoms with Crippen LogP contribution >= 0.6 is 23.1 Å². The fourth-order valence-corrected chi connectivity index (χ4v) is 3.11. The number of aliphatic hydroxyl groups is 1. The first kappa shape index (κ1) is 7.97. The number of Topliss-reactive ketones (excluding diaryl/α,β-unsaturated/α-hetero) is 1. The second-order valence-electron chi connectivity index (χ2n) is 2.29. The first-order valence-corrected chi connectivity index (χ1v) is 4.90. The van der Waals surface area contributed by atoms with Crippen LogP contribution in [-0.2, 0) is 0 Å². The summed E-state index contributed by atoms with van der Waals surface area (Å²) in [5.74, 6) is -0.284. The summed E-state index contributed by atoms with van der Waals surface area (Å²) in [6.07, 6.45) is 0.712. The Kier molecular flexibility index (Phi) is 1.79. The number of ketones is 1. The van der Waals surface area contributed by atoms with Gasteiger partial charge in [-0.15, -0.1) is 11.3 Å². The lowest BCUT2D eigenvalue weighted by atomic mass is 10.3. The average molecular weight is 200 g/mol. The third-order valence-corrected chi connectivity index (χ3v) is 3.74. The van der Waals surface area contributed by atoms with Gasteiger partial charge >= 0.3 is 0 Å². The van der Waals surface area contributed by atoms with Crippen LogP contribution in [0.2, 0.25) is 0 Å². The normalized spacial score (nSPS) is 21.1. The molecule has 1 aliphatic heterocycles. The summed E-state index contributed by atoms with van der Waals surface area (Å²) in [7, 11) is 0. The highest BCUT2D eigenvalue weighted by Gasteiger charge is 2.31. The maximum Gasteiger partial charge on any atom is 0.212 e. The van der Waals surface area contributed by atoms with Crippen LogP contribution in [0.3, 0.4) is 0 Å². The Morgan fingerprint density at radius 1 is 1.58 bits per heavy atom. The lowest BCUT2D eigenvalue weighted by Crippen LogP contribution is -2.08. The molecule has 1 aromatic heterocycles. The highest BCUT2D eigenvalue weighted by Crippen LogP contribution is 2.40. The summed E-state index contributed by atoms with van der Waals surface area (Å²) >= 11 is 2.23. The van der Waals surface area contributed by atoms with Crippen molar-refractivity contribution in [1.82, 2.24) is 0 Å². The molecule has 12 heavy (non-hydrogen) atoms. The van der Waals surface area contributed by atoms with Crippen LogP contribution in [0.5, 0.6) is 0 Å². The van der Waals surface area contributed by atoms with Crippen molar-refractivity contribution in [1.29, 1.82) is 0 Å². The number of hydrogen-bond acceptors (Lipinski definition) is 5. The summed E-state index contributed by atoms with van der Waals surface area (Å²) in [4.78, 5) is 23.2. The topological polar surface area (TPSA) is 54.4 Å². The summed E-state index contributed by atoms with van der Waals surface area (Å²) in [6.45, 7) is 0. The molecule has 1 atom stereocenters. The Morgan fingerprint density at radius 2 is 2.33 bits per heavy atom. The van der Waals surface area contributed by atoms with Crippen LogP contribution in [0.25, 0.3) is 0 Å². The van der Waals surface area contributed by atoms with Crippen LogP contribution in [0.15, 0.2) is 11.0 Å². The third kappa shape index (κ3) is 1.01. The maximum absolute atomic E-state index is 11.1. The molecule has 1 N–H and O–H groups in total. The molecule has 0 bridgehead atoms. The van der Waals surface area contributed by atoms with Crippen molar-refractivity contribution in [2.24, 2.45) is 0 Å². The van der Waals surface area contributed by atoms with Gasteiger partial charge in [-0.1, -0.05) is 11.8 Å². The second kappa shape index (κ2) is 2.69. The van der Waals surface area contributed by atoms with Crippen molar-refractivity contribution in [3.05, 3.63) is 15.8 Å². The molecular formula is C7H4O3S2. The minimum atomic E-state index is -0.966. The fraction of sp³-hybridized carbons (Fsp3) is 0.143. The molecule has 0 saturated heterocycles. The Bertz CT molecular complexity index is 356.